The highest BCUT2D eigenvalue weighted by molar-refractivity contribution is 7.95. The molecular weight excluding hydrogens is 296 g/mol. The SMILES string of the molecule is CC1(C)CC(F)(c2cc(Cl)cnc2F)C=CS1(=O)=O. The van der Waals surface area contributed by atoms with Crippen molar-refractivity contribution < 1.29 is 17.2 Å². The molecular formula is C12H12ClF2NO2S. The molecule has 2 heterocycles. The number of hydrogen-bond donors (Lipinski definition) is 0. The summed E-state index contributed by atoms with van der Waals surface area (Å²) < 4.78 is 50.8. The van der Waals surface area contributed by atoms with E-state index < -0.39 is 32.6 Å². The monoisotopic (exact) mass is 307 g/mol. The Morgan fingerprint density at radius 2 is 2.05 bits per heavy atom. The van der Waals surface area contributed by atoms with Gasteiger partial charge in [-0.3, -0.25) is 0 Å². The first-order valence-electron chi connectivity index (χ1n) is 5.52. The maximum atomic E-state index is 14.9. The van der Waals surface area contributed by atoms with Gasteiger partial charge >= 0.3 is 0 Å². The summed E-state index contributed by atoms with van der Waals surface area (Å²) in [5.41, 5.74) is -2.59. The highest BCUT2D eigenvalue weighted by Gasteiger charge is 2.48. The first-order chi connectivity index (χ1) is 8.57. The second-order valence-electron chi connectivity index (χ2n) is 5.14. The van der Waals surface area contributed by atoms with Crippen molar-refractivity contribution in [2.45, 2.75) is 30.7 Å². The highest BCUT2D eigenvalue weighted by atomic mass is 35.5. The molecule has 19 heavy (non-hydrogen) atoms. The van der Waals surface area contributed by atoms with Crippen molar-refractivity contribution in [2.75, 3.05) is 0 Å². The Kier molecular flexibility index (Phi) is 3.22. The summed E-state index contributed by atoms with van der Waals surface area (Å²) in [6.07, 6.45) is 1.53. The molecule has 104 valence electrons. The Balaban J connectivity index is 2.60. The van der Waals surface area contributed by atoms with Crippen LogP contribution in [0.15, 0.2) is 23.7 Å². The standard InChI is InChI=1S/C12H12ClF2NO2S/c1-11(2)7-12(15,3-4-19(11,17)18)9-5-8(13)6-16-10(9)14/h3-6H,7H2,1-2H3. The topological polar surface area (TPSA) is 47.0 Å². The van der Waals surface area contributed by atoms with Crippen LogP contribution in [0.3, 0.4) is 0 Å². The first-order valence-corrected chi connectivity index (χ1v) is 7.44. The maximum absolute atomic E-state index is 14.9. The van der Waals surface area contributed by atoms with Gasteiger partial charge in [-0.25, -0.2) is 17.8 Å². The lowest BCUT2D eigenvalue weighted by molar-refractivity contribution is 0.187. The normalized spacial score (nSPS) is 28.3. The summed E-state index contributed by atoms with van der Waals surface area (Å²) in [6, 6.07) is 1.13. The number of allylic oxidation sites excluding steroid dienone is 1. The summed E-state index contributed by atoms with van der Waals surface area (Å²) in [6.45, 7) is 2.80. The van der Waals surface area contributed by atoms with Gasteiger partial charge in [-0.05, 0) is 26.0 Å². The molecule has 0 N–H and O–H groups in total. The molecule has 0 spiro atoms. The van der Waals surface area contributed by atoms with E-state index in [1.807, 2.05) is 0 Å². The third-order valence-electron chi connectivity index (χ3n) is 3.22. The van der Waals surface area contributed by atoms with Crippen molar-refractivity contribution in [1.29, 1.82) is 0 Å². The Morgan fingerprint density at radius 1 is 1.42 bits per heavy atom. The van der Waals surface area contributed by atoms with Crippen molar-refractivity contribution in [3.63, 3.8) is 0 Å². The minimum Gasteiger partial charge on any atom is -0.234 e. The molecule has 0 fully saturated rings. The van der Waals surface area contributed by atoms with Crippen LogP contribution in [0.5, 0.6) is 0 Å². The smallest absolute Gasteiger partial charge is 0.219 e. The van der Waals surface area contributed by atoms with E-state index in [1.54, 1.807) is 0 Å². The average Bonchev–Trinajstić information content (AvgIpc) is 2.28. The van der Waals surface area contributed by atoms with E-state index in [-0.39, 0.29) is 10.6 Å². The summed E-state index contributed by atoms with van der Waals surface area (Å²) >= 11 is 5.69. The number of rotatable bonds is 1. The fraction of sp³-hybridized carbons (Fsp3) is 0.417. The van der Waals surface area contributed by atoms with Gasteiger partial charge in [0.05, 0.1) is 9.77 Å². The molecule has 0 aromatic carbocycles. The third kappa shape index (κ3) is 2.39. The Hall–Kier alpha value is -1.01. The van der Waals surface area contributed by atoms with Gasteiger partial charge in [-0.1, -0.05) is 11.6 Å². The number of nitrogens with zero attached hydrogens (tertiary/aromatic N) is 1. The van der Waals surface area contributed by atoms with Gasteiger partial charge in [0, 0.05) is 23.6 Å². The molecule has 1 aliphatic heterocycles. The van der Waals surface area contributed by atoms with E-state index in [2.05, 4.69) is 4.98 Å². The zero-order chi connectivity index (χ0) is 14.5. The van der Waals surface area contributed by atoms with Crippen LogP contribution in [0.4, 0.5) is 8.78 Å². The second-order valence-corrected chi connectivity index (χ2v) is 8.04. The third-order valence-corrected chi connectivity index (χ3v) is 5.60. The van der Waals surface area contributed by atoms with E-state index in [0.29, 0.717) is 0 Å². The molecule has 0 saturated carbocycles. The van der Waals surface area contributed by atoms with Crippen molar-refractivity contribution in [2.24, 2.45) is 0 Å². The van der Waals surface area contributed by atoms with E-state index in [1.165, 1.54) is 13.8 Å². The molecule has 1 atom stereocenters. The molecule has 1 aliphatic rings. The number of hydrogen-bond acceptors (Lipinski definition) is 3. The van der Waals surface area contributed by atoms with Gasteiger partial charge in [0.15, 0.2) is 15.5 Å². The molecule has 3 nitrogen and oxygen atoms in total. The zero-order valence-corrected chi connectivity index (χ0v) is 11.9. The van der Waals surface area contributed by atoms with Gasteiger partial charge in [0.2, 0.25) is 5.95 Å². The lowest BCUT2D eigenvalue weighted by atomic mass is 9.87. The lowest BCUT2D eigenvalue weighted by Crippen LogP contribution is -2.41. The fourth-order valence-corrected chi connectivity index (χ4v) is 3.39. The molecule has 1 aromatic rings. The fourth-order valence-electron chi connectivity index (χ4n) is 2.06. The van der Waals surface area contributed by atoms with E-state index >= 15 is 0 Å². The number of aromatic nitrogens is 1. The van der Waals surface area contributed by atoms with Crippen LogP contribution in [-0.2, 0) is 15.5 Å². The quantitative estimate of drug-likeness (QED) is 0.749. The molecule has 1 unspecified atom stereocenters. The molecule has 0 radical (unpaired) electrons. The number of sulfone groups is 1. The van der Waals surface area contributed by atoms with Gasteiger partial charge < -0.3 is 0 Å². The highest BCUT2D eigenvalue weighted by Crippen LogP contribution is 2.44. The van der Waals surface area contributed by atoms with Gasteiger partial charge in [-0.2, -0.15) is 4.39 Å². The van der Waals surface area contributed by atoms with Crippen LogP contribution in [0, 0.1) is 5.95 Å². The number of pyridine rings is 1. The van der Waals surface area contributed by atoms with Crippen LogP contribution in [0.1, 0.15) is 25.8 Å². The average molecular weight is 308 g/mol. The van der Waals surface area contributed by atoms with Crippen LogP contribution >= 0.6 is 11.6 Å². The predicted octanol–water partition coefficient (Wildman–Crippen LogP) is 3.15. The van der Waals surface area contributed by atoms with Crippen LogP contribution < -0.4 is 0 Å². The van der Waals surface area contributed by atoms with Crippen molar-refractivity contribution in [3.8, 4) is 0 Å². The van der Waals surface area contributed by atoms with E-state index in [4.69, 9.17) is 11.6 Å². The Morgan fingerprint density at radius 3 is 2.63 bits per heavy atom. The Labute approximate surface area is 115 Å². The number of alkyl halides is 1. The molecule has 2 rings (SSSR count). The van der Waals surface area contributed by atoms with Crippen molar-refractivity contribution in [3.05, 3.63) is 40.3 Å². The molecule has 7 heteroatoms. The van der Waals surface area contributed by atoms with Crippen LogP contribution in [0.25, 0.3) is 0 Å². The van der Waals surface area contributed by atoms with Crippen LogP contribution in [-0.4, -0.2) is 18.1 Å². The second kappa shape index (κ2) is 4.24. The van der Waals surface area contributed by atoms with Gasteiger partial charge in [0.25, 0.3) is 0 Å². The predicted molar refractivity (Wildman–Crippen MR) is 68.7 cm³/mol. The van der Waals surface area contributed by atoms with E-state index in [9.17, 15) is 17.2 Å². The summed E-state index contributed by atoms with van der Waals surface area (Å²) in [4.78, 5) is 3.36. The van der Waals surface area contributed by atoms with Crippen molar-refractivity contribution >= 4 is 21.4 Å². The van der Waals surface area contributed by atoms with Crippen molar-refractivity contribution in [1.82, 2.24) is 4.98 Å². The molecule has 0 aliphatic carbocycles. The van der Waals surface area contributed by atoms with E-state index in [0.717, 1.165) is 23.7 Å². The molecule has 1 aromatic heterocycles. The van der Waals surface area contributed by atoms with Gasteiger partial charge in [0.1, 0.15) is 0 Å². The van der Waals surface area contributed by atoms with Gasteiger partial charge in [-0.15, -0.1) is 0 Å². The lowest BCUT2D eigenvalue weighted by Gasteiger charge is -2.35. The minimum absolute atomic E-state index is 0.0908. The Bertz CT molecular complexity index is 658. The molecule has 0 bridgehead atoms. The van der Waals surface area contributed by atoms with Crippen LogP contribution in [0.2, 0.25) is 5.02 Å². The summed E-state index contributed by atoms with van der Waals surface area (Å²) in [7, 11) is -3.56. The zero-order valence-electron chi connectivity index (χ0n) is 10.3. The summed E-state index contributed by atoms with van der Waals surface area (Å²) in [5, 5.41) is 0.879. The first kappa shape index (κ1) is 14.4. The summed E-state index contributed by atoms with van der Waals surface area (Å²) in [5.74, 6) is -0.994. The molecule has 0 amide bonds. The largest absolute Gasteiger partial charge is 0.234 e. The molecule has 0 saturated heterocycles. The minimum atomic E-state index is -3.56. The maximum Gasteiger partial charge on any atom is 0.219 e. The number of halogens is 3.